The van der Waals surface area contributed by atoms with Crippen LogP contribution in [0.25, 0.3) is 11.3 Å². The average Bonchev–Trinajstić information content (AvgIpc) is 3.12. The first-order valence-electron chi connectivity index (χ1n) is 9.00. The van der Waals surface area contributed by atoms with Crippen LogP contribution in [0.15, 0.2) is 57.5 Å². The monoisotopic (exact) mass is 482 g/mol. The molecule has 0 aliphatic carbocycles. The molecule has 30 heavy (non-hydrogen) atoms. The largest absolute Gasteiger partial charge is 0.465 e. The van der Waals surface area contributed by atoms with Gasteiger partial charge in [-0.05, 0) is 43.2 Å². The second-order valence-electron chi connectivity index (χ2n) is 6.83. The molecule has 2 aromatic carbocycles. The molecule has 1 amide bonds. The molecule has 0 saturated carbocycles. The molecule has 1 unspecified atom stereocenters. The molecule has 3 aromatic rings. The smallest absolute Gasteiger partial charge is 0.416 e. The van der Waals surface area contributed by atoms with Crippen molar-refractivity contribution >= 4 is 22.0 Å². The molecule has 2 N–H and O–H groups in total. The molecule has 3 rings (SSSR count). The molecule has 0 saturated heterocycles. The summed E-state index contributed by atoms with van der Waals surface area (Å²) in [6, 6.07) is 11.6. The van der Waals surface area contributed by atoms with Crippen molar-refractivity contribution in [3.05, 3.63) is 75.4 Å². The van der Waals surface area contributed by atoms with Crippen molar-refractivity contribution in [3.8, 4) is 11.3 Å². The van der Waals surface area contributed by atoms with Crippen molar-refractivity contribution in [2.45, 2.75) is 32.0 Å². The summed E-state index contributed by atoms with van der Waals surface area (Å²) in [6.45, 7) is 3.31. The maximum atomic E-state index is 13.3. The van der Waals surface area contributed by atoms with Gasteiger partial charge in [0.05, 0.1) is 22.4 Å². The summed E-state index contributed by atoms with van der Waals surface area (Å²) in [5.41, 5.74) is -0.864. The van der Waals surface area contributed by atoms with Crippen molar-refractivity contribution in [3.63, 3.8) is 0 Å². The molecular formula is C21H18BrF3N2O3. The number of nitrogens with one attached hydrogen (secondary N) is 1. The van der Waals surface area contributed by atoms with E-state index in [2.05, 4.69) is 26.4 Å². The number of carboxylic acid groups (broad SMARTS) is 1. The van der Waals surface area contributed by atoms with Gasteiger partial charge in [-0.25, -0.2) is 4.79 Å². The van der Waals surface area contributed by atoms with Crippen LogP contribution in [-0.2, 0) is 18.1 Å². The molecule has 0 fully saturated rings. The van der Waals surface area contributed by atoms with Gasteiger partial charge < -0.3 is 14.9 Å². The molecule has 1 aromatic heterocycles. The molecule has 0 bridgehead atoms. The van der Waals surface area contributed by atoms with Crippen LogP contribution >= 0.6 is 15.9 Å². The quantitative estimate of drug-likeness (QED) is 0.452. The normalized spacial score (nSPS) is 13.7. The van der Waals surface area contributed by atoms with Gasteiger partial charge in [-0.3, -0.25) is 0 Å². The van der Waals surface area contributed by atoms with E-state index < -0.39 is 23.4 Å². The van der Waals surface area contributed by atoms with Crippen molar-refractivity contribution < 1.29 is 27.6 Å². The van der Waals surface area contributed by atoms with Crippen LogP contribution in [0.2, 0.25) is 0 Å². The van der Waals surface area contributed by atoms with E-state index in [0.717, 1.165) is 16.6 Å². The molecule has 0 spiro atoms. The van der Waals surface area contributed by atoms with Gasteiger partial charge in [-0.1, -0.05) is 52.3 Å². The number of aryl methyl sites for hydroxylation is 1. The van der Waals surface area contributed by atoms with Crippen LogP contribution in [0, 0.1) is 0 Å². The van der Waals surface area contributed by atoms with E-state index in [4.69, 9.17) is 4.52 Å². The number of carbonyl (C=O) groups is 1. The Balaban J connectivity index is 2.28. The Morgan fingerprint density at radius 3 is 2.37 bits per heavy atom. The van der Waals surface area contributed by atoms with E-state index in [1.165, 1.54) is 19.1 Å². The lowest BCUT2D eigenvalue weighted by atomic mass is 9.81. The van der Waals surface area contributed by atoms with Crippen molar-refractivity contribution in [1.82, 2.24) is 10.5 Å². The zero-order chi connectivity index (χ0) is 22.1. The number of rotatable bonds is 5. The number of alkyl halides is 3. The highest BCUT2D eigenvalue weighted by Crippen LogP contribution is 2.41. The van der Waals surface area contributed by atoms with Crippen LogP contribution < -0.4 is 5.32 Å². The van der Waals surface area contributed by atoms with Crippen LogP contribution in [0.4, 0.5) is 18.0 Å². The zero-order valence-corrected chi connectivity index (χ0v) is 17.6. The number of hydrogen-bond donors (Lipinski definition) is 2. The average molecular weight is 483 g/mol. The summed E-state index contributed by atoms with van der Waals surface area (Å²) in [5, 5.41) is 16.0. The maximum absolute atomic E-state index is 13.3. The van der Waals surface area contributed by atoms with Crippen molar-refractivity contribution in [2.24, 2.45) is 0 Å². The first-order chi connectivity index (χ1) is 14.1. The van der Waals surface area contributed by atoms with Gasteiger partial charge in [0.15, 0.2) is 5.76 Å². The van der Waals surface area contributed by atoms with Crippen molar-refractivity contribution in [1.29, 1.82) is 0 Å². The highest BCUT2D eigenvalue weighted by molar-refractivity contribution is 9.10. The lowest BCUT2D eigenvalue weighted by Crippen LogP contribution is -2.44. The minimum atomic E-state index is -4.57. The predicted octanol–water partition coefficient (Wildman–Crippen LogP) is 6.22. The Labute approximate surface area is 179 Å². The van der Waals surface area contributed by atoms with E-state index in [0.29, 0.717) is 23.2 Å². The number of benzene rings is 2. The third kappa shape index (κ3) is 4.21. The molecule has 0 aliphatic heterocycles. The molecular weight excluding hydrogens is 465 g/mol. The Morgan fingerprint density at radius 2 is 1.80 bits per heavy atom. The third-order valence-corrected chi connectivity index (χ3v) is 5.36. The molecule has 0 radical (unpaired) electrons. The van der Waals surface area contributed by atoms with E-state index >= 15 is 0 Å². The van der Waals surface area contributed by atoms with Gasteiger partial charge in [0.2, 0.25) is 0 Å². The Kier molecular flexibility index (Phi) is 5.94. The standard InChI is InChI=1S/C21H18BrF3N2O3/c1-3-16-17(18(30-27-16)12-7-9-15(22)10-8-12)20(2,26-19(28)29)13-5-4-6-14(11-13)21(23,24)25/h4-11,26H,3H2,1-2H3,(H,28,29). The minimum absolute atomic E-state index is 0.121. The highest BCUT2D eigenvalue weighted by Gasteiger charge is 2.40. The van der Waals surface area contributed by atoms with Crippen LogP contribution in [0.1, 0.15) is 36.2 Å². The zero-order valence-electron chi connectivity index (χ0n) is 16.0. The number of aromatic nitrogens is 1. The number of amides is 1. The number of halogens is 4. The number of hydrogen-bond acceptors (Lipinski definition) is 3. The fourth-order valence-electron chi connectivity index (χ4n) is 3.38. The van der Waals surface area contributed by atoms with Crippen LogP contribution in [-0.4, -0.2) is 16.4 Å². The summed E-state index contributed by atoms with van der Waals surface area (Å²) < 4.78 is 46.3. The number of nitrogens with zero attached hydrogens (tertiary/aromatic N) is 1. The van der Waals surface area contributed by atoms with Crippen LogP contribution in [0.5, 0.6) is 0 Å². The second kappa shape index (κ2) is 8.14. The van der Waals surface area contributed by atoms with Gasteiger partial charge in [0, 0.05) is 10.0 Å². The van der Waals surface area contributed by atoms with Gasteiger partial charge >= 0.3 is 12.3 Å². The summed E-state index contributed by atoms with van der Waals surface area (Å²) in [7, 11) is 0. The molecule has 5 nitrogen and oxygen atoms in total. The van der Waals surface area contributed by atoms with E-state index in [1.807, 2.05) is 0 Å². The fourth-order valence-corrected chi connectivity index (χ4v) is 3.64. The summed E-state index contributed by atoms with van der Waals surface area (Å²) in [4.78, 5) is 11.7. The minimum Gasteiger partial charge on any atom is -0.465 e. The Bertz CT molecular complexity index is 1060. The van der Waals surface area contributed by atoms with Gasteiger partial charge in [0.25, 0.3) is 0 Å². The first-order valence-corrected chi connectivity index (χ1v) is 9.79. The van der Waals surface area contributed by atoms with Crippen LogP contribution in [0.3, 0.4) is 0 Å². The lowest BCUT2D eigenvalue weighted by Gasteiger charge is -2.31. The SMILES string of the molecule is CCc1noc(-c2ccc(Br)cc2)c1C(C)(NC(=O)O)c1cccc(C(F)(F)F)c1. The Morgan fingerprint density at radius 1 is 1.17 bits per heavy atom. The second-order valence-corrected chi connectivity index (χ2v) is 7.74. The van der Waals surface area contributed by atoms with Gasteiger partial charge in [-0.2, -0.15) is 13.2 Å². The van der Waals surface area contributed by atoms with Gasteiger partial charge in [-0.15, -0.1) is 0 Å². The molecule has 1 atom stereocenters. The van der Waals surface area contributed by atoms with Crippen molar-refractivity contribution in [2.75, 3.05) is 0 Å². The Hall–Kier alpha value is -2.81. The molecule has 1 heterocycles. The highest BCUT2D eigenvalue weighted by atomic mass is 79.9. The third-order valence-electron chi connectivity index (χ3n) is 4.83. The lowest BCUT2D eigenvalue weighted by molar-refractivity contribution is -0.137. The first kappa shape index (κ1) is 21.9. The maximum Gasteiger partial charge on any atom is 0.416 e. The van der Waals surface area contributed by atoms with E-state index in [1.54, 1.807) is 31.2 Å². The summed E-state index contributed by atoms with van der Waals surface area (Å²) in [5.74, 6) is 0.285. The summed E-state index contributed by atoms with van der Waals surface area (Å²) in [6.07, 6.45) is -5.57. The van der Waals surface area contributed by atoms with E-state index in [-0.39, 0.29) is 11.3 Å². The fraction of sp³-hybridized carbons (Fsp3) is 0.238. The topological polar surface area (TPSA) is 75.4 Å². The predicted molar refractivity (Wildman–Crippen MR) is 108 cm³/mol. The molecule has 158 valence electrons. The molecule has 0 aliphatic rings. The van der Waals surface area contributed by atoms with E-state index in [9.17, 15) is 23.1 Å². The van der Waals surface area contributed by atoms with Gasteiger partial charge in [0.1, 0.15) is 0 Å². The summed E-state index contributed by atoms with van der Waals surface area (Å²) >= 11 is 3.35. The molecule has 9 heteroatoms.